The van der Waals surface area contributed by atoms with Crippen molar-refractivity contribution in [2.24, 2.45) is 0 Å². The van der Waals surface area contributed by atoms with Crippen LogP contribution in [0.25, 0.3) is 0 Å². The van der Waals surface area contributed by atoms with Crippen LogP contribution in [0.3, 0.4) is 0 Å². The third kappa shape index (κ3) is 3.14. The second-order valence-corrected chi connectivity index (χ2v) is 5.23. The molecule has 2 aromatic heterocycles. The van der Waals surface area contributed by atoms with Crippen LogP contribution in [-0.4, -0.2) is 38.5 Å². The first kappa shape index (κ1) is 16.1. The van der Waals surface area contributed by atoms with Crippen molar-refractivity contribution >= 4 is 0 Å². The average molecular weight is 339 g/mol. The first-order chi connectivity index (χ1) is 11.5. The quantitative estimate of drug-likeness (QED) is 0.662. The van der Waals surface area contributed by atoms with Crippen LogP contribution in [0.5, 0.6) is 5.88 Å². The Hall–Kier alpha value is -2.72. The summed E-state index contributed by atoms with van der Waals surface area (Å²) in [6.07, 6.45) is -1.55. The van der Waals surface area contributed by atoms with Gasteiger partial charge < -0.3 is 14.6 Å². The highest BCUT2D eigenvalue weighted by Crippen LogP contribution is 2.30. The number of hydrogen-bond acceptors (Lipinski definition) is 6. The molecule has 1 saturated heterocycles. The van der Waals surface area contributed by atoms with Gasteiger partial charge in [-0.15, -0.1) is 0 Å². The Bertz CT molecular complexity index is 904. The Morgan fingerprint density at radius 3 is 2.83 bits per heavy atom. The molecule has 3 rings (SSSR count). The summed E-state index contributed by atoms with van der Waals surface area (Å²) in [5.41, 5.74) is -2.32. The lowest BCUT2D eigenvalue weighted by Crippen LogP contribution is -2.34. The summed E-state index contributed by atoms with van der Waals surface area (Å²) in [7, 11) is 0. The molecule has 3 heterocycles. The van der Waals surface area contributed by atoms with Crippen molar-refractivity contribution < 1.29 is 19.0 Å². The maximum absolute atomic E-state index is 13.4. The molecule has 0 bridgehead atoms. The SMILES string of the molecule is O=c1cccc(O[C@H]2C[C@H](n3cc(F)c(=O)[nH]c3=O)O[C@@H]2CO)[nH]1. The summed E-state index contributed by atoms with van der Waals surface area (Å²) in [4.78, 5) is 38.5. The maximum Gasteiger partial charge on any atom is 0.330 e. The molecule has 0 aliphatic carbocycles. The highest BCUT2D eigenvalue weighted by molar-refractivity contribution is 5.10. The molecule has 9 nitrogen and oxygen atoms in total. The number of hydrogen-bond donors (Lipinski definition) is 3. The molecule has 3 N–H and O–H groups in total. The summed E-state index contributed by atoms with van der Waals surface area (Å²) in [5.74, 6) is -0.953. The molecule has 2 aromatic rings. The number of nitrogens with zero attached hydrogens (tertiary/aromatic N) is 1. The van der Waals surface area contributed by atoms with Crippen LogP contribution < -0.4 is 21.5 Å². The zero-order valence-corrected chi connectivity index (χ0v) is 12.3. The molecule has 24 heavy (non-hydrogen) atoms. The zero-order chi connectivity index (χ0) is 17.3. The Morgan fingerprint density at radius 2 is 2.12 bits per heavy atom. The van der Waals surface area contributed by atoms with Crippen molar-refractivity contribution in [1.29, 1.82) is 0 Å². The number of ether oxygens (including phenoxy) is 2. The molecule has 1 aliphatic heterocycles. The Balaban J connectivity index is 1.84. The fraction of sp³-hybridized carbons (Fsp3) is 0.357. The van der Waals surface area contributed by atoms with Gasteiger partial charge in [-0.05, 0) is 6.07 Å². The minimum absolute atomic E-state index is 0.105. The molecular weight excluding hydrogens is 325 g/mol. The van der Waals surface area contributed by atoms with Gasteiger partial charge in [0.15, 0.2) is 5.88 Å². The van der Waals surface area contributed by atoms with E-state index in [4.69, 9.17) is 9.47 Å². The van der Waals surface area contributed by atoms with Crippen molar-refractivity contribution in [1.82, 2.24) is 14.5 Å². The van der Waals surface area contributed by atoms with E-state index in [9.17, 15) is 23.9 Å². The molecule has 1 fully saturated rings. The van der Waals surface area contributed by atoms with Gasteiger partial charge in [0.2, 0.25) is 5.82 Å². The lowest BCUT2D eigenvalue weighted by atomic mass is 10.2. The Labute approximate surface area is 133 Å². The average Bonchev–Trinajstić information content (AvgIpc) is 2.93. The van der Waals surface area contributed by atoms with Crippen molar-refractivity contribution in [3.63, 3.8) is 0 Å². The molecule has 10 heteroatoms. The van der Waals surface area contributed by atoms with Crippen molar-refractivity contribution in [2.45, 2.75) is 24.9 Å². The van der Waals surface area contributed by atoms with E-state index < -0.39 is 42.1 Å². The topological polar surface area (TPSA) is 126 Å². The van der Waals surface area contributed by atoms with Crippen LogP contribution in [0.2, 0.25) is 0 Å². The fourth-order valence-electron chi connectivity index (χ4n) is 2.49. The van der Waals surface area contributed by atoms with Crippen molar-refractivity contribution in [2.75, 3.05) is 6.61 Å². The van der Waals surface area contributed by atoms with Gasteiger partial charge in [0.1, 0.15) is 18.4 Å². The van der Waals surface area contributed by atoms with Crippen LogP contribution >= 0.6 is 0 Å². The molecule has 128 valence electrons. The minimum Gasteiger partial charge on any atom is -0.473 e. The van der Waals surface area contributed by atoms with Gasteiger partial charge in [-0.25, -0.2) is 4.79 Å². The number of aliphatic hydroxyl groups excluding tert-OH is 1. The van der Waals surface area contributed by atoms with Crippen molar-refractivity contribution in [3.05, 3.63) is 61.4 Å². The molecule has 3 atom stereocenters. The highest BCUT2D eigenvalue weighted by Gasteiger charge is 2.38. The van der Waals surface area contributed by atoms with Crippen LogP contribution in [-0.2, 0) is 4.74 Å². The van der Waals surface area contributed by atoms with Gasteiger partial charge in [0.05, 0.1) is 12.8 Å². The van der Waals surface area contributed by atoms with E-state index in [2.05, 4.69) is 4.98 Å². The van der Waals surface area contributed by atoms with Crippen LogP contribution in [0.1, 0.15) is 12.6 Å². The summed E-state index contributed by atoms with van der Waals surface area (Å²) < 4.78 is 25.4. The summed E-state index contributed by atoms with van der Waals surface area (Å²) >= 11 is 0. The smallest absolute Gasteiger partial charge is 0.330 e. The second kappa shape index (κ2) is 6.42. The van der Waals surface area contributed by atoms with Gasteiger partial charge in [-0.2, -0.15) is 4.39 Å². The molecular formula is C14H14FN3O6. The maximum atomic E-state index is 13.4. The van der Waals surface area contributed by atoms with E-state index in [0.29, 0.717) is 0 Å². The third-order valence-corrected chi connectivity index (χ3v) is 3.61. The van der Waals surface area contributed by atoms with Crippen LogP contribution in [0, 0.1) is 5.82 Å². The fourth-order valence-corrected chi connectivity index (χ4v) is 2.49. The predicted octanol–water partition coefficient (Wildman–Crippen LogP) is -0.909. The van der Waals surface area contributed by atoms with E-state index in [-0.39, 0.29) is 17.9 Å². The van der Waals surface area contributed by atoms with Crippen LogP contribution in [0.4, 0.5) is 4.39 Å². The molecule has 0 radical (unpaired) electrons. The van der Waals surface area contributed by atoms with E-state index >= 15 is 0 Å². The van der Waals surface area contributed by atoms with Gasteiger partial charge in [0, 0.05) is 12.5 Å². The van der Waals surface area contributed by atoms with E-state index in [1.165, 1.54) is 18.2 Å². The molecule has 0 unspecified atom stereocenters. The molecule has 1 aliphatic rings. The Morgan fingerprint density at radius 1 is 1.33 bits per heavy atom. The molecule has 0 amide bonds. The normalized spacial score (nSPS) is 23.3. The number of aromatic nitrogens is 3. The lowest BCUT2D eigenvalue weighted by Gasteiger charge is -2.17. The number of halogens is 1. The van der Waals surface area contributed by atoms with E-state index in [0.717, 1.165) is 10.8 Å². The monoisotopic (exact) mass is 339 g/mol. The minimum atomic E-state index is -1.13. The number of nitrogens with one attached hydrogen (secondary N) is 2. The van der Waals surface area contributed by atoms with Gasteiger partial charge in [-0.1, -0.05) is 6.07 Å². The Kier molecular flexibility index (Phi) is 4.32. The summed E-state index contributed by atoms with van der Waals surface area (Å²) in [6.45, 7) is -0.404. The number of pyridine rings is 1. The number of rotatable bonds is 4. The number of H-pyrrole nitrogens is 2. The zero-order valence-electron chi connectivity index (χ0n) is 12.3. The lowest BCUT2D eigenvalue weighted by molar-refractivity contribution is -0.0429. The highest BCUT2D eigenvalue weighted by atomic mass is 19.1. The van der Waals surface area contributed by atoms with Crippen LogP contribution in [0.15, 0.2) is 38.8 Å². The first-order valence-electron chi connectivity index (χ1n) is 7.11. The molecule has 0 spiro atoms. The van der Waals surface area contributed by atoms with Crippen molar-refractivity contribution in [3.8, 4) is 5.88 Å². The van der Waals surface area contributed by atoms with Gasteiger partial charge in [0.25, 0.3) is 11.1 Å². The van der Waals surface area contributed by atoms with Gasteiger partial charge >= 0.3 is 5.69 Å². The third-order valence-electron chi connectivity index (χ3n) is 3.61. The largest absolute Gasteiger partial charge is 0.473 e. The molecule has 0 aromatic carbocycles. The predicted molar refractivity (Wildman–Crippen MR) is 78.4 cm³/mol. The first-order valence-corrected chi connectivity index (χ1v) is 7.11. The molecule has 0 saturated carbocycles. The number of aromatic amines is 2. The van der Waals surface area contributed by atoms with E-state index in [1.54, 1.807) is 0 Å². The standard InChI is InChI=1S/C14H14FN3O6/c15-7-5-18(14(22)17-13(7)21)12-4-8(9(6-19)24-12)23-11-3-1-2-10(20)16-11/h1-3,5,8-9,12,19H,4,6H2,(H,16,20)(H,17,21,22)/t8-,9+,12+/m0/s1. The second-order valence-electron chi connectivity index (χ2n) is 5.23. The summed E-state index contributed by atoms with van der Waals surface area (Å²) in [5, 5.41) is 9.41. The number of aliphatic hydroxyl groups is 1. The van der Waals surface area contributed by atoms with E-state index in [1.807, 2.05) is 4.98 Å². The summed E-state index contributed by atoms with van der Waals surface area (Å²) in [6, 6.07) is 4.33. The van der Waals surface area contributed by atoms with Gasteiger partial charge in [-0.3, -0.25) is 24.1 Å².